The zero-order valence-electron chi connectivity index (χ0n) is 17.5. The van der Waals surface area contributed by atoms with E-state index in [0.29, 0.717) is 43.4 Å². The molecule has 2 heterocycles. The number of aromatic nitrogens is 2. The second-order valence-electron chi connectivity index (χ2n) is 6.84. The molecule has 7 nitrogen and oxygen atoms in total. The van der Waals surface area contributed by atoms with Crippen molar-refractivity contribution >= 4 is 28.6 Å². The normalized spacial score (nSPS) is 14.5. The number of ether oxygens (including phenoxy) is 1. The van der Waals surface area contributed by atoms with E-state index in [1.165, 1.54) is 0 Å². The number of carbonyl (C=O) groups is 2. The van der Waals surface area contributed by atoms with Crippen molar-refractivity contribution in [1.29, 1.82) is 0 Å². The molecule has 0 fully saturated rings. The highest BCUT2D eigenvalue weighted by Crippen LogP contribution is 2.31. The summed E-state index contributed by atoms with van der Waals surface area (Å²) >= 11 is 1.16. The van der Waals surface area contributed by atoms with Crippen LogP contribution >= 0.6 is 11.8 Å². The average Bonchev–Trinajstić information content (AvgIpc) is 2.92. The maximum Gasteiger partial charge on any atom is 0.246 e. The SMILES string of the molecule is CCOCC/C(SC(=O)c1ccccc1)=C(\C)N1Cc2cnc(C)nc2NCC1=O. The second kappa shape index (κ2) is 10.4. The number of allylic oxidation sites excluding steroid dienone is 1. The summed E-state index contributed by atoms with van der Waals surface area (Å²) in [5, 5.41) is 3.04. The van der Waals surface area contributed by atoms with E-state index in [0.717, 1.165) is 27.9 Å². The summed E-state index contributed by atoms with van der Waals surface area (Å²) in [4.78, 5) is 36.8. The molecule has 0 bridgehead atoms. The van der Waals surface area contributed by atoms with Gasteiger partial charge in [-0.05, 0) is 32.5 Å². The van der Waals surface area contributed by atoms with Crippen molar-refractivity contribution in [3.63, 3.8) is 0 Å². The number of aryl methyl sites for hydroxylation is 1. The number of fused-ring (bicyclic) bond motifs is 1. The molecular weight excluding hydrogens is 400 g/mol. The first-order valence-electron chi connectivity index (χ1n) is 9.91. The number of thioether (sulfide) groups is 1. The van der Waals surface area contributed by atoms with Crippen LogP contribution in [0.5, 0.6) is 0 Å². The van der Waals surface area contributed by atoms with Crippen LogP contribution in [0.15, 0.2) is 47.1 Å². The van der Waals surface area contributed by atoms with Gasteiger partial charge in [-0.25, -0.2) is 9.97 Å². The van der Waals surface area contributed by atoms with Crippen LogP contribution in [0.2, 0.25) is 0 Å². The minimum absolute atomic E-state index is 0.0544. The number of rotatable bonds is 7. The van der Waals surface area contributed by atoms with Gasteiger partial charge in [0.1, 0.15) is 11.6 Å². The summed E-state index contributed by atoms with van der Waals surface area (Å²) < 4.78 is 5.52. The predicted octanol–water partition coefficient (Wildman–Crippen LogP) is 3.77. The number of benzene rings is 1. The lowest BCUT2D eigenvalue weighted by Gasteiger charge is -2.24. The van der Waals surface area contributed by atoms with Crippen LogP contribution in [0.25, 0.3) is 0 Å². The molecular formula is C22H26N4O3S. The van der Waals surface area contributed by atoms with Crippen LogP contribution in [0.3, 0.4) is 0 Å². The van der Waals surface area contributed by atoms with E-state index in [9.17, 15) is 9.59 Å². The van der Waals surface area contributed by atoms with Gasteiger partial charge in [0.05, 0.1) is 19.7 Å². The van der Waals surface area contributed by atoms with Gasteiger partial charge in [-0.2, -0.15) is 0 Å². The summed E-state index contributed by atoms with van der Waals surface area (Å²) in [5.74, 6) is 1.25. The van der Waals surface area contributed by atoms with Crippen LogP contribution in [0.4, 0.5) is 5.82 Å². The monoisotopic (exact) mass is 426 g/mol. The number of carbonyl (C=O) groups excluding carboxylic acids is 2. The van der Waals surface area contributed by atoms with Gasteiger partial charge in [0.2, 0.25) is 11.0 Å². The van der Waals surface area contributed by atoms with E-state index in [1.54, 1.807) is 23.2 Å². The summed E-state index contributed by atoms with van der Waals surface area (Å²) in [5.41, 5.74) is 2.22. The van der Waals surface area contributed by atoms with Crippen molar-refractivity contribution in [1.82, 2.24) is 14.9 Å². The molecule has 1 aromatic carbocycles. The molecule has 0 atom stereocenters. The highest BCUT2D eigenvalue weighted by Gasteiger charge is 2.25. The van der Waals surface area contributed by atoms with Crippen LogP contribution in [0.1, 0.15) is 42.0 Å². The number of amides is 1. The van der Waals surface area contributed by atoms with Gasteiger partial charge in [0, 0.05) is 41.0 Å². The topological polar surface area (TPSA) is 84.4 Å². The smallest absolute Gasteiger partial charge is 0.246 e. The second-order valence-corrected chi connectivity index (χ2v) is 7.90. The minimum Gasteiger partial charge on any atom is -0.381 e. The van der Waals surface area contributed by atoms with E-state index in [2.05, 4.69) is 15.3 Å². The lowest BCUT2D eigenvalue weighted by molar-refractivity contribution is -0.127. The molecule has 0 aliphatic carbocycles. The molecule has 3 rings (SSSR count). The Morgan fingerprint density at radius 1 is 1.30 bits per heavy atom. The van der Waals surface area contributed by atoms with E-state index >= 15 is 0 Å². The van der Waals surface area contributed by atoms with Crippen LogP contribution in [-0.2, 0) is 16.1 Å². The standard InChI is InChI=1S/C22H26N4O3S/c1-4-29-11-10-19(30-22(28)17-8-6-5-7-9-17)15(2)26-14-18-12-23-16(3)25-21(18)24-13-20(26)27/h5-9,12H,4,10-11,13-14H2,1-3H3,(H,23,24,25)/b19-15-. The van der Waals surface area contributed by atoms with Crippen LogP contribution in [0, 0.1) is 6.92 Å². The van der Waals surface area contributed by atoms with Crippen molar-refractivity contribution in [2.45, 2.75) is 33.7 Å². The Labute approximate surface area is 180 Å². The Balaban J connectivity index is 1.90. The van der Waals surface area contributed by atoms with Gasteiger partial charge >= 0.3 is 0 Å². The van der Waals surface area contributed by atoms with Gasteiger partial charge in [0.25, 0.3) is 0 Å². The number of hydrogen-bond acceptors (Lipinski definition) is 7. The first-order chi connectivity index (χ1) is 14.5. The van der Waals surface area contributed by atoms with Crippen molar-refractivity contribution in [2.24, 2.45) is 0 Å². The van der Waals surface area contributed by atoms with E-state index < -0.39 is 0 Å². The molecule has 0 unspecified atom stereocenters. The maximum absolute atomic E-state index is 12.9. The quantitative estimate of drug-likeness (QED) is 0.675. The fourth-order valence-corrected chi connectivity index (χ4v) is 4.01. The lowest BCUT2D eigenvalue weighted by atomic mass is 10.2. The fraction of sp³-hybridized carbons (Fsp3) is 0.364. The molecule has 1 N–H and O–H groups in total. The third kappa shape index (κ3) is 5.46. The largest absolute Gasteiger partial charge is 0.381 e. The number of nitrogens with zero attached hydrogens (tertiary/aromatic N) is 3. The first kappa shape index (κ1) is 22.0. The van der Waals surface area contributed by atoms with Crippen molar-refractivity contribution in [3.05, 3.63) is 64.1 Å². The lowest BCUT2D eigenvalue weighted by Crippen LogP contribution is -2.32. The zero-order valence-corrected chi connectivity index (χ0v) is 18.3. The van der Waals surface area contributed by atoms with Gasteiger partial charge in [-0.3, -0.25) is 9.59 Å². The highest BCUT2D eigenvalue weighted by molar-refractivity contribution is 8.17. The third-order valence-corrected chi connectivity index (χ3v) is 5.90. The van der Waals surface area contributed by atoms with Crippen molar-refractivity contribution in [3.8, 4) is 0 Å². The molecule has 1 amide bonds. The molecule has 30 heavy (non-hydrogen) atoms. The van der Waals surface area contributed by atoms with Gasteiger partial charge in [-0.1, -0.05) is 30.3 Å². The maximum atomic E-state index is 12.9. The Morgan fingerprint density at radius 3 is 2.80 bits per heavy atom. The molecule has 0 saturated carbocycles. The third-order valence-electron chi connectivity index (χ3n) is 4.73. The molecule has 0 radical (unpaired) electrons. The van der Waals surface area contributed by atoms with Gasteiger partial charge in [-0.15, -0.1) is 0 Å². The van der Waals surface area contributed by atoms with Crippen LogP contribution < -0.4 is 5.32 Å². The molecule has 158 valence electrons. The van der Waals surface area contributed by atoms with Gasteiger partial charge in [0.15, 0.2) is 0 Å². The van der Waals surface area contributed by atoms with Gasteiger partial charge < -0.3 is 15.0 Å². The summed E-state index contributed by atoms with van der Waals surface area (Å²) in [6.07, 6.45) is 2.29. The average molecular weight is 427 g/mol. The molecule has 0 spiro atoms. The Bertz CT molecular complexity index is 947. The highest BCUT2D eigenvalue weighted by atomic mass is 32.2. The minimum atomic E-state index is -0.0789. The molecule has 1 aliphatic heterocycles. The zero-order chi connectivity index (χ0) is 21.5. The number of nitrogens with one attached hydrogen (secondary N) is 1. The van der Waals surface area contributed by atoms with Crippen molar-refractivity contribution in [2.75, 3.05) is 25.1 Å². The molecule has 1 aliphatic rings. The molecule has 1 aromatic heterocycles. The summed E-state index contributed by atoms with van der Waals surface area (Å²) in [6.45, 7) is 7.20. The predicted molar refractivity (Wildman–Crippen MR) is 118 cm³/mol. The Hall–Kier alpha value is -2.71. The Morgan fingerprint density at radius 2 is 2.07 bits per heavy atom. The summed E-state index contributed by atoms with van der Waals surface area (Å²) in [7, 11) is 0. The van der Waals surface area contributed by atoms with E-state index in [1.807, 2.05) is 39.0 Å². The van der Waals surface area contributed by atoms with Crippen molar-refractivity contribution < 1.29 is 14.3 Å². The first-order valence-corrected chi connectivity index (χ1v) is 10.7. The van der Waals surface area contributed by atoms with Crippen LogP contribution in [-0.4, -0.2) is 45.6 Å². The number of hydrogen-bond donors (Lipinski definition) is 1. The number of anilines is 1. The summed E-state index contributed by atoms with van der Waals surface area (Å²) in [6, 6.07) is 9.15. The van der Waals surface area contributed by atoms with E-state index in [-0.39, 0.29) is 17.6 Å². The molecule has 2 aromatic rings. The fourth-order valence-electron chi connectivity index (χ4n) is 3.09. The molecule has 8 heteroatoms. The molecule has 0 saturated heterocycles. The Kier molecular flexibility index (Phi) is 7.59. The van der Waals surface area contributed by atoms with E-state index in [4.69, 9.17) is 4.74 Å².